The molecule has 1 spiro atoms. The molecular weight excluding hydrogens is 226 g/mol. The molecule has 4 aliphatic rings. The molecule has 4 fully saturated rings. The smallest absolute Gasteiger partial charge is 0.175 e. The van der Waals surface area contributed by atoms with E-state index in [1.807, 2.05) is 0 Å². The summed E-state index contributed by atoms with van der Waals surface area (Å²) >= 11 is 0. The van der Waals surface area contributed by atoms with Crippen molar-refractivity contribution in [1.82, 2.24) is 4.90 Å². The summed E-state index contributed by atoms with van der Waals surface area (Å²) in [6.07, 6.45) is 9.50. The molecule has 0 aromatic rings. The molecule has 0 N–H and O–H groups in total. The molecule has 3 heteroatoms. The van der Waals surface area contributed by atoms with Crippen LogP contribution in [0.25, 0.3) is 0 Å². The molecule has 18 heavy (non-hydrogen) atoms. The number of likely N-dealkylation sites (tertiary alicyclic amines) is 1. The highest BCUT2D eigenvalue weighted by atomic mass is 16.7. The lowest BCUT2D eigenvalue weighted by Crippen LogP contribution is -2.60. The molecule has 2 saturated carbocycles. The molecule has 2 aliphatic carbocycles. The third-order valence-electron chi connectivity index (χ3n) is 5.78. The Morgan fingerprint density at radius 2 is 1.61 bits per heavy atom. The first-order chi connectivity index (χ1) is 8.90. The maximum absolute atomic E-state index is 6.19. The molecule has 3 atom stereocenters. The zero-order valence-corrected chi connectivity index (χ0v) is 11.3. The fraction of sp³-hybridized carbons (Fsp3) is 1.00. The number of nitrogens with zero attached hydrogens (tertiary/aromatic N) is 1. The van der Waals surface area contributed by atoms with Gasteiger partial charge in [-0.05, 0) is 51.6 Å². The van der Waals surface area contributed by atoms with Gasteiger partial charge < -0.3 is 9.47 Å². The van der Waals surface area contributed by atoms with Gasteiger partial charge in [0.25, 0.3) is 0 Å². The fourth-order valence-corrected chi connectivity index (χ4v) is 5.07. The van der Waals surface area contributed by atoms with E-state index in [9.17, 15) is 0 Å². The van der Waals surface area contributed by atoms with Crippen LogP contribution in [0.15, 0.2) is 0 Å². The molecule has 3 nitrogen and oxygen atoms in total. The van der Waals surface area contributed by atoms with E-state index in [1.165, 1.54) is 58.0 Å². The molecule has 2 saturated heterocycles. The Balaban J connectivity index is 1.62. The average Bonchev–Trinajstić information content (AvgIpc) is 3.01. The summed E-state index contributed by atoms with van der Waals surface area (Å²) in [5.41, 5.74) is 0. The number of hydrogen-bond acceptors (Lipinski definition) is 3. The SMILES string of the molecule is C1C[C@@H]2CC[C@@H](N3CCCC3)[C@H](C1)C21OCCO1. The Labute approximate surface area is 110 Å². The summed E-state index contributed by atoms with van der Waals surface area (Å²) in [5.74, 6) is 1.15. The predicted octanol–water partition coefficient (Wildman–Crippen LogP) is 2.40. The molecule has 0 unspecified atom stereocenters. The van der Waals surface area contributed by atoms with Gasteiger partial charge in [-0.2, -0.15) is 0 Å². The lowest BCUT2D eigenvalue weighted by Gasteiger charge is -2.54. The lowest BCUT2D eigenvalue weighted by atomic mass is 9.64. The monoisotopic (exact) mass is 251 g/mol. The summed E-state index contributed by atoms with van der Waals surface area (Å²) in [6.45, 7) is 4.25. The maximum atomic E-state index is 6.19. The highest BCUT2D eigenvalue weighted by molar-refractivity contribution is 5.03. The zero-order valence-electron chi connectivity index (χ0n) is 11.3. The van der Waals surface area contributed by atoms with E-state index in [0.29, 0.717) is 11.8 Å². The largest absolute Gasteiger partial charge is 0.347 e. The van der Waals surface area contributed by atoms with Gasteiger partial charge in [0.2, 0.25) is 0 Å². The highest BCUT2D eigenvalue weighted by Crippen LogP contribution is 2.53. The first kappa shape index (κ1) is 11.7. The number of ether oxygens (including phenoxy) is 2. The molecule has 2 heterocycles. The van der Waals surface area contributed by atoms with Crippen molar-refractivity contribution in [2.75, 3.05) is 26.3 Å². The summed E-state index contributed by atoms with van der Waals surface area (Å²) in [5, 5.41) is 0. The van der Waals surface area contributed by atoms with E-state index in [-0.39, 0.29) is 5.79 Å². The zero-order chi connectivity index (χ0) is 12.0. The van der Waals surface area contributed by atoms with Gasteiger partial charge in [0, 0.05) is 17.9 Å². The van der Waals surface area contributed by atoms with Gasteiger partial charge in [-0.25, -0.2) is 0 Å². The molecule has 2 aliphatic heterocycles. The van der Waals surface area contributed by atoms with Crippen molar-refractivity contribution in [2.45, 2.75) is 56.8 Å². The van der Waals surface area contributed by atoms with Gasteiger partial charge in [0.05, 0.1) is 13.2 Å². The first-order valence-corrected chi connectivity index (χ1v) is 7.92. The van der Waals surface area contributed by atoms with E-state index in [4.69, 9.17) is 9.47 Å². The van der Waals surface area contributed by atoms with Crippen LogP contribution in [-0.2, 0) is 9.47 Å². The minimum atomic E-state index is -0.177. The van der Waals surface area contributed by atoms with Crippen LogP contribution in [0.1, 0.15) is 44.9 Å². The Hall–Kier alpha value is -0.120. The van der Waals surface area contributed by atoms with Gasteiger partial charge in [0.1, 0.15) is 0 Å². The van der Waals surface area contributed by atoms with Crippen LogP contribution in [0.5, 0.6) is 0 Å². The molecule has 4 rings (SSSR count). The van der Waals surface area contributed by atoms with Crippen molar-refractivity contribution in [3.05, 3.63) is 0 Å². The second-order valence-electron chi connectivity index (χ2n) is 6.54. The third kappa shape index (κ3) is 1.60. The molecule has 2 bridgehead atoms. The maximum Gasteiger partial charge on any atom is 0.175 e. The van der Waals surface area contributed by atoms with Crippen LogP contribution in [0.3, 0.4) is 0 Å². The highest BCUT2D eigenvalue weighted by Gasteiger charge is 2.58. The molecule has 0 aromatic heterocycles. The quantitative estimate of drug-likeness (QED) is 0.714. The van der Waals surface area contributed by atoms with Crippen molar-refractivity contribution in [3.63, 3.8) is 0 Å². The second kappa shape index (κ2) is 4.46. The molecule has 0 radical (unpaired) electrons. The van der Waals surface area contributed by atoms with E-state index < -0.39 is 0 Å². The Kier molecular flexibility index (Phi) is 2.90. The third-order valence-corrected chi connectivity index (χ3v) is 5.78. The standard InChI is InChI=1S/C15H25NO2/c1-2-9-16(8-1)14-7-6-12-4-3-5-13(14)15(12)17-10-11-18-15/h12-14H,1-11H2/t12-,13+,14-/m1/s1. The van der Waals surface area contributed by atoms with Crippen LogP contribution >= 0.6 is 0 Å². The predicted molar refractivity (Wildman–Crippen MR) is 69.3 cm³/mol. The Morgan fingerprint density at radius 1 is 0.833 bits per heavy atom. The summed E-state index contributed by atoms with van der Waals surface area (Å²) in [6, 6.07) is 0.738. The number of hydrogen-bond donors (Lipinski definition) is 0. The van der Waals surface area contributed by atoms with Gasteiger partial charge in [-0.15, -0.1) is 0 Å². The summed E-state index contributed by atoms with van der Waals surface area (Å²) < 4.78 is 12.4. The van der Waals surface area contributed by atoms with Crippen LogP contribution in [-0.4, -0.2) is 43.0 Å². The minimum absolute atomic E-state index is 0.177. The second-order valence-corrected chi connectivity index (χ2v) is 6.54. The summed E-state index contributed by atoms with van der Waals surface area (Å²) in [4.78, 5) is 2.74. The normalized spacial score (nSPS) is 43.7. The first-order valence-electron chi connectivity index (χ1n) is 7.92. The molecular formula is C15H25NO2. The fourth-order valence-electron chi connectivity index (χ4n) is 5.07. The van der Waals surface area contributed by atoms with Crippen molar-refractivity contribution in [2.24, 2.45) is 11.8 Å². The van der Waals surface area contributed by atoms with Crippen molar-refractivity contribution >= 4 is 0 Å². The van der Waals surface area contributed by atoms with Gasteiger partial charge >= 0.3 is 0 Å². The van der Waals surface area contributed by atoms with E-state index in [1.54, 1.807) is 0 Å². The van der Waals surface area contributed by atoms with Gasteiger partial charge in [-0.3, -0.25) is 4.90 Å². The summed E-state index contributed by atoms with van der Waals surface area (Å²) in [7, 11) is 0. The van der Waals surface area contributed by atoms with E-state index in [2.05, 4.69) is 4.90 Å². The lowest BCUT2D eigenvalue weighted by molar-refractivity contribution is -0.273. The van der Waals surface area contributed by atoms with E-state index >= 15 is 0 Å². The minimum Gasteiger partial charge on any atom is -0.347 e. The average molecular weight is 251 g/mol. The van der Waals surface area contributed by atoms with Crippen LogP contribution in [0, 0.1) is 11.8 Å². The van der Waals surface area contributed by atoms with Gasteiger partial charge in [0.15, 0.2) is 5.79 Å². The Morgan fingerprint density at radius 3 is 2.39 bits per heavy atom. The molecule has 0 aromatic carbocycles. The molecule has 102 valence electrons. The Bertz CT molecular complexity index is 308. The van der Waals surface area contributed by atoms with E-state index in [0.717, 1.165) is 19.3 Å². The molecule has 0 amide bonds. The topological polar surface area (TPSA) is 21.7 Å². The van der Waals surface area contributed by atoms with Crippen molar-refractivity contribution < 1.29 is 9.47 Å². The van der Waals surface area contributed by atoms with Crippen molar-refractivity contribution in [3.8, 4) is 0 Å². The van der Waals surface area contributed by atoms with Crippen LogP contribution in [0.2, 0.25) is 0 Å². The van der Waals surface area contributed by atoms with Gasteiger partial charge in [-0.1, -0.05) is 6.42 Å². The van der Waals surface area contributed by atoms with Crippen LogP contribution < -0.4 is 0 Å². The van der Waals surface area contributed by atoms with Crippen molar-refractivity contribution in [1.29, 1.82) is 0 Å². The number of rotatable bonds is 1. The van der Waals surface area contributed by atoms with Crippen LogP contribution in [0.4, 0.5) is 0 Å².